The zero-order chi connectivity index (χ0) is 23.2. The number of likely N-dealkylation sites (tertiary alicyclic amines) is 1. The molecule has 33 heavy (non-hydrogen) atoms. The fourth-order valence-corrected chi connectivity index (χ4v) is 4.93. The van der Waals surface area contributed by atoms with E-state index < -0.39 is 0 Å². The number of carbonyl (C=O) groups is 1. The Morgan fingerprint density at radius 3 is 2.79 bits per heavy atom. The predicted molar refractivity (Wildman–Crippen MR) is 133 cm³/mol. The van der Waals surface area contributed by atoms with Crippen molar-refractivity contribution >= 4 is 22.9 Å². The number of rotatable bonds is 7. The number of aromatic nitrogens is 1. The fraction of sp³-hybridized carbons (Fsp3) is 0.357. The molecule has 1 aliphatic heterocycles. The maximum atomic E-state index is 13.5. The molecule has 1 N–H and O–H groups in total. The minimum Gasteiger partial charge on any atom is -0.489 e. The second-order valence-corrected chi connectivity index (χ2v) is 9.52. The van der Waals surface area contributed by atoms with Gasteiger partial charge in [0.25, 0.3) is 5.91 Å². The Labute approximate surface area is 195 Å². The molecular formula is C28H31N3O2. The van der Waals surface area contributed by atoms with Gasteiger partial charge in [0.1, 0.15) is 11.9 Å². The molecular weight excluding hydrogens is 410 g/mol. The van der Waals surface area contributed by atoms with Crippen molar-refractivity contribution in [1.82, 2.24) is 15.2 Å². The zero-order valence-electron chi connectivity index (χ0n) is 19.6. The summed E-state index contributed by atoms with van der Waals surface area (Å²) in [5.74, 6) is 0.677. The summed E-state index contributed by atoms with van der Waals surface area (Å²) >= 11 is 0. The number of likely N-dealkylation sites (N-methyl/N-ethyl adjacent to an activating group) is 1. The molecule has 2 aromatic carbocycles. The summed E-state index contributed by atoms with van der Waals surface area (Å²) < 4.78 is 6.21. The second kappa shape index (κ2) is 8.31. The second-order valence-electron chi connectivity index (χ2n) is 9.52. The van der Waals surface area contributed by atoms with Crippen LogP contribution in [0.15, 0.2) is 55.2 Å². The van der Waals surface area contributed by atoms with Gasteiger partial charge in [0.05, 0.1) is 11.1 Å². The van der Waals surface area contributed by atoms with Crippen LogP contribution >= 0.6 is 0 Å². The van der Waals surface area contributed by atoms with Gasteiger partial charge in [0.15, 0.2) is 0 Å². The molecule has 0 radical (unpaired) electrons. The van der Waals surface area contributed by atoms with Gasteiger partial charge < -0.3 is 10.1 Å². The lowest BCUT2D eigenvalue weighted by molar-refractivity contribution is 0.0269. The first-order valence-electron chi connectivity index (χ1n) is 11.7. The smallest absolute Gasteiger partial charge is 0.252 e. The summed E-state index contributed by atoms with van der Waals surface area (Å²) in [5.41, 5.74) is 4.28. The van der Waals surface area contributed by atoms with E-state index in [0.717, 1.165) is 59.2 Å². The van der Waals surface area contributed by atoms with E-state index in [-0.39, 0.29) is 17.6 Å². The molecule has 170 valence electrons. The van der Waals surface area contributed by atoms with E-state index in [1.807, 2.05) is 43.3 Å². The monoisotopic (exact) mass is 441 g/mol. The van der Waals surface area contributed by atoms with Gasteiger partial charge in [-0.2, -0.15) is 0 Å². The minimum atomic E-state index is -0.372. The van der Waals surface area contributed by atoms with Gasteiger partial charge >= 0.3 is 0 Å². The van der Waals surface area contributed by atoms with Crippen molar-refractivity contribution in [3.63, 3.8) is 0 Å². The van der Waals surface area contributed by atoms with Gasteiger partial charge in [-0.3, -0.25) is 14.7 Å². The van der Waals surface area contributed by atoms with Crippen molar-refractivity contribution in [3.8, 4) is 5.75 Å². The molecule has 0 bridgehead atoms. The van der Waals surface area contributed by atoms with Crippen molar-refractivity contribution in [2.75, 3.05) is 13.6 Å². The first-order valence-corrected chi connectivity index (χ1v) is 11.7. The zero-order valence-corrected chi connectivity index (χ0v) is 19.6. The van der Waals surface area contributed by atoms with Gasteiger partial charge in [0, 0.05) is 23.2 Å². The molecule has 2 heterocycles. The van der Waals surface area contributed by atoms with Crippen LogP contribution in [0.2, 0.25) is 0 Å². The van der Waals surface area contributed by atoms with Crippen LogP contribution in [0.1, 0.15) is 53.2 Å². The molecule has 1 aliphatic carbocycles. The van der Waals surface area contributed by atoms with Crippen LogP contribution in [0.3, 0.4) is 0 Å². The largest absolute Gasteiger partial charge is 0.489 e. The van der Waals surface area contributed by atoms with Crippen molar-refractivity contribution in [3.05, 3.63) is 77.5 Å². The first kappa shape index (κ1) is 21.7. The molecule has 1 amide bonds. The molecule has 5 nitrogen and oxygen atoms in total. The molecule has 5 heteroatoms. The van der Waals surface area contributed by atoms with E-state index in [1.165, 1.54) is 0 Å². The number of nitrogens with zero attached hydrogens (tertiary/aromatic N) is 2. The van der Waals surface area contributed by atoms with Gasteiger partial charge in [-0.15, -0.1) is 0 Å². The van der Waals surface area contributed by atoms with Crippen LogP contribution < -0.4 is 10.1 Å². The number of amides is 1. The van der Waals surface area contributed by atoms with Gasteiger partial charge in [-0.05, 0) is 93.7 Å². The van der Waals surface area contributed by atoms with Crippen LogP contribution in [-0.4, -0.2) is 41.5 Å². The van der Waals surface area contributed by atoms with Crippen LogP contribution in [0.5, 0.6) is 5.75 Å². The molecule has 1 saturated carbocycles. The number of carbonyl (C=O) groups excluding carboxylic acids is 1. The molecule has 1 saturated heterocycles. The Hall–Kier alpha value is -3.18. The Kier molecular flexibility index (Phi) is 5.45. The highest BCUT2D eigenvalue weighted by Crippen LogP contribution is 2.48. The molecule has 3 aromatic rings. The van der Waals surface area contributed by atoms with Crippen molar-refractivity contribution in [1.29, 1.82) is 0 Å². The number of pyridine rings is 1. The average Bonchev–Trinajstić information content (AvgIpc) is 3.58. The third-order valence-corrected chi connectivity index (χ3v) is 7.26. The van der Waals surface area contributed by atoms with Crippen LogP contribution in [0, 0.1) is 6.92 Å². The summed E-state index contributed by atoms with van der Waals surface area (Å²) in [6.45, 7) is 9.11. The molecule has 5 rings (SSSR count). The summed E-state index contributed by atoms with van der Waals surface area (Å²) in [5, 5.41) is 4.43. The highest BCUT2D eigenvalue weighted by Gasteiger charge is 2.47. The van der Waals surface area contributed by atoms with Gasteiger partial charge in [0.2, 0.25) is 0 Å². The van der Waals surface area contributed by atoms with Crippen LogP contribution in [0.25, 0.3) is 17.0 Å². The number of benzene rings is 2. The number of fused-ring (bicyclic) bond motifs is 1. The highest BCUT2D eigenvalue weighted by molar-refractivity contribution is 5.97. The molecule has 0 spiro atoms. The Bertz CT molecular complexity index is 1230. The maximum absolute atomic E-state index is 13.5. The standard InChI is InChI=1S/C28H31N3O2/c1-5-20-15-24(22-7-6-13-29-25(22)16-20)28(11-12-28)30-27(32)23-17-21(9-8-18(23)2)33-19(3)26-10-14-31(26)4/h5-9,13,15-17,19,26H,1,10-12,14H2,2-4H3,(H,30,32)/t19-,26+/m1/s1. The lowest BCUT2D eigenvalue weighted by atomic mass is 9.95. The molecule has 2 aliphatic rings. The highest BCUT2D eigenvalue weighted by atomic mass is 16.5. The van der Waals surface area contributed by atoms with E-state index in [1.54, 1.807) is 6.20 Å². The normalized spacial score (nSPS) is 20.0. The lowest BCUT2D eigenvalue weighted by Crippen LogP contribution is -2.52. The average molecular weight is 442 g/mol. The molecule has 1 aromatic heterocycles. The van der Waals surface area contributed by atoms with Gasteiger partial charge in [-0.1, -0.05) is 24.8 Å². The SMILES string of the molecule is C=Cc1cc(C2(NC(=O)c3cc(O[C@H](C)[C@@H]4CCN4C)ccc3C)CC2)c2cccnc2c1. The number of aryl methyl sites for hydroxylation is 1. The van der Waals surface area contributed by atoms with E-state index >= 15 is 0 Å². The third-order valence-electron chi connectivity index (χ3n) is 7.26. The Balaban J connectivity index is 1.41. The quantitative estimate of drug-likeness (QED) is 0.556. The summed E-state index contributed by atoms with van der Waals surface area (Å²) in [7, 11) is 2.12. The molecule has 0 unspecified atom stereocenters. The maximum Gasteiger partial charge on any atom is 0.252 e. The van der Waals surface area contributed by atoms with Gasteiger partial charge in [-0.25, -0.2) is 0 Å². The van der Waals surface area contributed by atoms with Crippen LogP contribution in [-0.2, 0) is 5.54 Å². The molecule has 2 atom stereocenters. The topological polar surface area (TPSA) is 54.5 Å². The predicted octanol–water partition coefficient (Wildman–Crippen LogP) is 5.08. The Morgan fingerprint density at radius 1 is 1.30 bits per heavy atom. The molecule has 2 fully saturated rings. The first-order chi connectivity index (χ1) is 15.9. The van der Waals surface area contributed by atoms with E-state index in [2.05, 4.69) is 47.9 Å². The number of nitrogens with one attached hydrogen (secondary N) is 1. The van der Waals surface area contributed by atoms with Crippen molar-refractivity contribution in [2.24, 2.45) is 0 Å². The van der Waals surface area contributed by atoms with E-state index in [0.29, 0.717) is 11.6 Å². The van der Waals surface area contributed by atoms with Crippen molar-refractivity contribution in [2.45, 2.75) is 50.8 Å². The van der Waals surface area contributed by atoms with Crippen molar-refractivity contribution < 1.29 is 9.53 Å². The Morgan fingerprint density at radius 2 is 2.12 bits per heavy atom. The number of hydrogen-bond acceptors (Lipinski definition) is 4. The summed E-state index contributed by atoms with van der Waals surface area (Å²) in [6.07, 6.45) is 6.67. The van der Waals surface area contributed by atoms with Crippen LogP contribution in [0.4, 0.5) is 0 Å². The third kappa shape index (κ3) is 4.02. The fourth-order valence-electron chi connectivity index (χ4n) is 4.93. The number of ether oxygens (including phenoxy) is 1. The van der Waals surface area contributed by atoms with E-state index in [4.69, 9.17) is 4.74 Å². The summed E-state index contributed by atoms with van der Waals surface area (Å²) in [4.78, 5) is 20.3. The van der Waals surface area contributed by atoms with E-state index in [9.17, 15) is 4.79 Å². The lowest BCUT2D eigenvalue weighted by Gasteiger charge is -2.41. The summed E-state index contributed by atoms with van der Waals surface area (Å²) in [6, 6.07) is 14.4. The number of hydrogen-bond donors (Lipinski definition) is 1. The minimum absolute atomic E-state index is 0.0649.